The van der Waals surface area contributed by atoms with Gasteiger partial charge >= 0.3 is 0 Å². The fourth-order valence-electron chi connectivity index (χ4n) is 1.05. The highest BCUT2D eigenvalue weighted by atomic mass is 16.2. The molecule has 1 aromatic heterocycles. The average Bonchev–Trinajstić information content (AvgIpc) is 2.38. The molecule has 0 spiro atoms. The van der Waals surface area contributed by atoms with Gasteiger partial charge in [0.05, 0.1) is 5.56 Å². The first-order chi connectivity index (χ1) is 5.18. The molecule has 0 radical (unpaired) electrons. The van der Waals surface area contributed by atoms with Crippen LogP contribution in [0.15, 0.2) is 6.20 Å². The van der Waals surface area contributed by atoms with Crippen LogP contribution in [0.25, 0.3) is 0 Å². The van der Waals surface area contributed by atoms with Gasteiger partial charge in [0, 0.05) is 13.2 Å². The van der Waals surface area contributed by atoms with Gasteiger partial charge < -0.3 is 0 Å². The van der Waals surface area contributed by atoms with Crippen molar-refractivity contribution in [2.24, 2.45) is 7.05 Å². The molecule has 1 aliphatic rings. The SMILES string of the molecule is Cn1cc2c(n1)C(=O)NC2=O. The zero-order chi connectivity index (χ0) is 8.01. The third kappa shape index (κ3) is 0.674. The summed E-state index contributed by atoms with van der Waals surface area (Å²) in [6.45, 7) is 0. The highest BCUT2D eigenvalue weighted by Crippen LogP contribution is 2.11. The smallest absolute Gasteiger partial charge is 0.279 e. The van der Waals surface area contributed by atoms with Crippen LogP contribution in [0.3, 0.4) is 0 Å². The molecule has 2 heterocycles. The first-order valence-corrected chi connectivity index (χ1v) is 3.08. The fraction of sp³-hybridized carbons (Fsp3) is 0.167. The van der Waals surface area contributed by atoms with Gasteiger partial charge in [-0.1, -0.05) is 0 Å². The van der Waals surface area contributed by atoms with Crippen LogP contribution in [0.1, 0.15) is 20.8 Å². The number of imide groups is 1. The van der Waals surface area contributed by atoms with E-state index in [-0.39, 0.29) is 11.6 Å². The number of nitrogens with one attached hydrogen (secondary N) is 1. The van der Waals surface area contributed by atoms with E-state index in [0.717, 1.165) is 0 Å². The molecule has 0 aromatic carbocycles. The van der Waals surface area contributed by atoms with E-state index >= 15 is 0 Å². The largest absolute Gasteiger partial charge is 0.287 e. The third-order valence-electron chi connectivity index (χ3n) is 1.52. The van der Waals surface area contributed by atoms with Crippen LogP contribution in [0, 0.1) is 0 Å². The number of amides is 2. The molecule has 0 saturated carbocycles. The van der Waals surface area contributed by atoms with Gasteiger partial charge in [0.15, 0.2) is 5.69 Å². The molecule has 0 fully saturated rings. The number of nitrogens with zero attached hydrogens (tertiary/aromatic N) is 2. The topological polar surface area (TPSA) is 64.0 Å². The predicted octanol–water partition coefficient (Wildman–Crippen LogP) is -0.696. The van der Waals surface area contributed by atoms with Gasteiger partial charge in [-0.3, -0.25) is 19.6 Å². The summed E-state index contributed by atoms with van der Waals surface area (Å²) in [6.07, 6.45) is 1.52. The normalized spacial score (nSPS) is 15.0. The number of aryl methyl sites for hydroxylation is 1. The van der Waals surface area contributed by atoms with Gasteiger partial charge in [-0.15, -0.1) is 0 Å². The number of aromatic nitrogens is 2. The molecule has 0 aliphatic carbocycles. The Kier molecular flexibility index (Phi) is 0.934. The monoisotopic (exact) mass is 151 g/mol. The van der Waals surface area contributed by atoms with Gasteiger partial charge in [0.25, 0.3) is 11.8 Å². The number of hydrogen-bond donors (Lipinski definition) is 1. The Morgan fingerprint density at radius 1 is 1.45 bits per heavy atom. The molecule has 5 heteroatoms. The molecule has 2 amide bonds. The second-order valence-corrected chi connectivity index (χ2v) is 2.35. The molecule has 1 N–H and O–H groups in total. The van der Waals surface area contributed by atoms with Crippen molar-refractivity contribution in [3.05, 3.63) is 17.5 Å². The molecule has 0 saturated heterocycles. The van der Waals surface area contributed by atoms with E-state index in [4.69, 9.17) is 0 Å². The zero-order valence-electron chi connectivity index (χ0n) is 5.79. The predicted molar refractivity (Wildman–Crippen MR) is 35.0 cm³/mol. The van der Waals surface area contributed by atoms with Crippen molar-refractivity contribution < 1.29 is 9.59 Å². The molecule has 56 valence electrons. The minimum absolute atomic E-state index is 0.220. The van der Waals surface area contributed by atoms with Crippen molar-refractivity contribution in [3.63, 3.8) is 0 Å². The van der Waals surface area contributed by atoms with E-state index in [1.165, 1.54) is 10.9 Å². The summed E-state index contributed by atoms with van der Waals surface area (Å²) in [7, 11) is 1.67. The van der Waals surface area contributed by atoms with Gasteiger partial charge in [-0.2, -0.15) is 5.10 Å². The van der Waals surface area contributed by atoms with Crippen LogP contribution < -0.4 is 5.32 Å². The lowest BCUT2D eigenvalue weighted by Gasteiger charge is -1.88. The number of hydrogen-bond acceptors (Lipinski definition) is 3. The van der Waals surface area contributed by atoms with E-state index < -0.39 is 5.91 Å². The maximum absolute atomic E-state index is 10.9. The summed E-state index contributed by atoms with van der Waals surface area (Å²) in [5.41, 5.74) is 0.579. The van der Waals surface area contributed by atoms with Crippen molar-refractivity contribution in [2.75, 3.05) is 0 Å². The van der Waals surface area contributed by atoms with E-state index in [9.17, 15) is 9.59 Å². The first-order valence-electron chi connectivity index (χ1n) is 3.08. The molecule has 5 nitrogen and oxygen atoms in total. The van der Waals surface area contributed by atoms with E-state index in [0.29, 0.717) is 5.56 Å². The zero-order valence-corrected chi connectivity index (χ0v) is 5.79. The molecule has 0 atom stereocenters. The summed E-state index contributed by atoms with van der Waals surface area (Å²) >= 11 is 0. The van der Waals surface area contributed by atoms with Crippen LogP contribution in [0.4, 0.5) is 0 Å². The molecule has 1 aromatic rings. The van der Waals surface area contributed by atoms with Crippen molar-refractivity contribution in [3.8, 4) is 0 Å². The number of fused-ring (bicyclic) bond motifs is 1. The Labute approximate surface area is 62.0 Å². The quantitative estimate of drug-likeness (QED) is 0.499. The maximum atomic E-state index is 10.9. The van der Waals surface area contributed by atoms with Gasteiger partial charge in [0.2, 0.25) is 0 Å². The molecule has 2 rings (SSSR count). The molecular weight excluding hydrogens is 146 g/mol. The summed E-state index contributed by atoms with van der Waals surface area (Å²) in [5.74, 6) is -0.774. The Balaban J connectivity index is 2.67. The summed E-state index contributed by atoms with van der Waals surface area (Å²) < 4.78 is 1.45. The second kappa shape index (κ2) is 1.69. The van der Waals surface area contributed by atoms with Crippen LogP contribution in [0.5, 0.6) is 0 Å². The van der Waals surface area contributed by atoms with Gasteiger partial charge in [0.1, 0.15) is 0 Å². The Morgan fingerprint density at radius 2 is 2.18 bits per heavy atom. The first kappa shape index (κ1) is 6.09. The second-order valence-electron chi connectivity index (χ2n) is 2.35. The maximum Gasteiger partial charge on any atom is 0.279 e. The summed E-state index contributed by atoms with van der Waals surface area (Å²) in [5, 5.41) is 5.94. The van der Waals surface area contributed by atoms with E-state index in [1.807, 2.05) is 0 Å². The highest BCUT2D eigenvalue weighted by molar-refractivity contribution is 6.20. The Hall–Kier alpha value is -1.65. The molecule has 1 aliphatic heterocycles. The number of carbonyl (C=O) groups excluding carboxylic acids is 2. The minimum atomic E-state index is -0.411. The Morgan fingerprint density at radius 3 is 2.82 bits per heavy atom. The number of rotatable bonds is 0. The average molecular weight is 151 g/mol. The van der Waals surface area contributed by atoms with Crippen molar-refractivity contribution in [1.82, 2.24) is 15.1 Å². The van der Waals surface area contributed by atoms with Crippen molar-refractivity contribution >= 4 is 11.8 Å². The van der Waals surface area contributed by atoms with Gasteiger partial charge in [-0.25, -0.2) is 0 Å². The number of carbonyl (C=O) groups is 2. The summed E-state index contributed by atoms with van der Waals surface area (Å²) in [4.78, 5) is 21.8. The van der Waals surface area contributed by atoms with Crippen LogP contribution in [0.2, 0.25) is 0 Å². The highest BCUT2D eigenvalue weighted by Gasteiger charge is 2.29. The van der Waals surface area contributed by atoms with Crippen molar-refractivity contribution in [1.29, 1.82) is 0 Å². The Bertz CT molecular complexity index is 321. The fourth-order valence-corrected chi connectivity index (χ4v) is 1.05. The lowest BCUT2D eigenvalue weighted by atomic mass is 10.3. The molecule has 0 unspecified atom stereocenters. The minimum Gasteiger partial charge on any atom is -0.287 e. The molecular formula is C6H5N3O2. The lowest BCUT2D eigenvalue weighted by molar-refractivity contribution is 0.0876. The molecule has 11 heavy (non-hydrogen) atoms. The van der Waals surface area contributed by atoms with Gasteiger partial charge in [-0.05, 0) is 0 Å². The van der Waals surface area contributed by atoms with Crippen molar-refractivity contribution in [2.45, 2.75) is 0 Å². The van der Waals surface area contributed by atoms with Crippen LogP contribution in [-0.4, -0.2) is 21.6 Å². The van der Waals surface area contributed by atoms with E-state index in [1.54, 1.807) is 7.05 Å². The molecule has 0 bridgehead atoms. The van der Waals surface area contributed by atoms with Crippen LogP contribution >= 0.6 is 0 Å². The van der Waals surface area contributed by atoms with E-state index in [2.05, 4.69) is 10.4 Å². The third-order valence-corrected chi connectivity index (χ3v) is 1.52. The standard InChI is InChI=1S/C6H5N3O2/c1-9-2-3-4(8-9)6(11)7-5(3)10/h2H,1H3,(H,7,10,11). The summed E-state index contributed by atoms with van der Waals surface area (Å²) in [6, 6.07) is 0. The van der Waals surface area contributed by atoms with Crippen LogP contribution in [-0.2, 0) is 7.05 Å². The lowest BCUT2D eigenvalue weighted by Crippen LogP contribution is -2.21.